The molecule has 0 radical (unpaired) electrons. The molecule has 8 nitrogen and oxygen atoms in total. The molecule has 3 rings (SSSR count). The summed E-state index contributed by atoms with van der Waals surface area (Å²) in [5.41, 5.74) is 0.110. The van der Waals surface area contributed by atoms with Crippen LogP contribution in [-0.4, -0.2) is 31.6 Å². The van der Waals surface area contributed by atoms with E-state index in [0.29, 0.717) is 12.2 Å². The van der Waals surface area contributed by atoms with Gasteiger partial charge in [-0.15, -0.1) is 0 Å². The normalized spacial score (nSPS) is 11.3. The third-order valence-corrected chi connectivity index (χ3v) is 6.27. The topological polar surface area (TPSA) is 103 Å². The summed E-state index contributed by atoms with van der Waals surface area (Å²) in [7, 11) is -2.73. The van der Waals surface area contributed by atoms with Crippen LogP contribution in [0.1, 0.15) is 29.0 Å². The molecule has 0 aliphatic rings. The summed E-state index contributed by atoms with van der Waals surface area (Å²) in [6.07, 6.45) is 0.560. The number of halogens is 2. The molecule has 0 N–H and O–H groups in total. The highest BCUT2D eigenvalue weighted by molar-refractivity contribution is 7.92. The minimum Gasteiger partial charge on any atom is -0.452 e. The van der Waals surface area contributed by atoms with Crippen LogP contribution < -0.4 is 4.31 Å². The molecular weight excluding hydrogens is 437 g/mol. The summed E-state index contributed by atoms with van der Waals surface area (Å²) in [5, 5.41) is 3.71. The predicted molar refractivity (Wildman–Crippen MR) is 106 cm³/mol. The number of sulfonamides is 1. The van der Waals surface area contributed by atoms with Crippen molar-refractivity contribution in [2.75, 3.05) is 11.4 Å². The first-order valence-corrected chi connectivity index (χ1v) is 10.6. The number of hydrogen-bond donors (Lipinski definition) is 0. The van der Waals surface area contributed by atoms with Crippen molar-refractivity contribution in [1.82, 2.24) is 10.1 Å². The minimum atomic E-state index is -4.04. The maximum atomic E-state index is 13.1. The van der Waals surface area contributed by atoms with Crippen molar-refractivity contribution in [2.45, 2.75) is 24.8 Å². The Balaban J connectivity index is 1.82. The molecule has 0 aliphatic heterocycles. The Kier molecular flexibility index (Phi) is 6.37. The van der Waals surface area contributed by atoms with Crippen molar-refractivity contribution in [2.24, 2.45) is 0 Å². The summed E-state index contributed by atoms with van der Waals surface area (Å²) in [5.74, 6) is -0.766. The quantitative estimate of drug-likeness (QED) is 0.503. The highest BCUT2D eigenvalue weighted by atomic mass is 35.5. The van der Waals surface area contributed by atoms with Gasteiger partial charge < -0.3 is 9.26 Å². The highest BCUT2D eigenvalue weighted by Gasteiger charge is 2.24. The van der Waals surface area contributed by atoms with Gasteiger partial charge in [-0.05, 0) is 42.5 Å². The average Bonchev–Trinajstić information content (AvgIpc) is 3.20. The Morgan fingerprint density at radius 2 is 1.93 bits per heavy atom. The van der Waals surface area contributed by atoms with E-state index >= 15 is 0 Å². The second-order valence-electron chi connectivity index (χ2n) is 6.12. The van der Waals surface area contributed by atoms with Crippen LogP contribution in [0, 0.1) is 5.82 Å². The van der Waals surface area contributed by atoms with E-state index in [1.165, 1.54) is 31.3 Å². The van der Waals surface area contributed by atoms with Crippen LogP contribution in [0.4, 0.5) is 10.1 Å². The molecule has 0 atom stereocenters. The predicted octanol–water partition coefficient (Wildman–Crippen LogP) is 3.61. The van der Waals surface area contributed by atoms with Crippen molar-refractivity contribution in [3.8, 4) is 0 Å². The molecule has 30 heavy (non-hydrogen) atoms. The Bertz CT molecular complexity index is 1170. The van der Waals surface area contributed by atoms with Crippen molar-refractivity contribution < 1.29 is 26.9 Å². The number of anilines is 1. The first kappa shape index (κ1) is 21.7. The Morgan fingerprint density at radius 1 is 1.23 bits per heavy atom. The summed E-state index contributed by atoms with van der Waals surface area (Å²) in [6.45, 7) is 1.56. The number of hydrogen-bond acceptors (Lipinski definition) is 7. The smallest absolute Gasteiger partial charge is 0.340 e. The van der Waals surface area contributed by atoms with Crippen LogP contribution in [0.5, 0.6) is 0 Å². The second kappa shape index (κ2) is 8.80. The number of ether oxygens (including phenoxy) is 1. The third-order valence-electron chi connectivity index (χ3n) is 4.16. The molecule has 0 unspecified atom stereocenters. The summed E-state index contributed by atoms with van der Waals surface area (Å²) >= 11 is 6.06. The minimum absolute atomic E-state index is 0.0168. The van der Waals surface area contributed by atoms with E-state index in [0.717, 1.165) is 22.5 Å². The number of aryl methyl sites for hydroxylation is 1. The van der Waals surface area contributed by atoms with E-state index in [9.17, 15) is 17.6 Å². The molecule has 0 aliphatic carbocycles. The largest absolute Gasteiger partial charge is 0.452 e. The molecular formula is C19H17ClFN3O5S. The SMILES string of the molecule is CCc1noc(COC(=O)c2cc(S(=O)(=O)N(C)c3ccc(F)cc3)ccc2Cl)n1. The molecule has 158 valence electrons. The van der Waals surface area contributed by atoms with Gasteiger partial charge in [0.05, 0.1) is 21.2 Å². The Morgan fingerprint density at radius 3 is 2.57 bits per heavy atom. The zero-order chi connectivity index (χ0) is 21.9. The number of carbonyl (C=O) groups is 1. The molecule has 0 saturated carbocycles. The monoisotopic (exact) mass is 453 g/mol. The molecule has 3 aromatic rings. The standard InChI is InChI=1S/C19H17ClFN3O5S/c1-3-17-22-18(29-23-17)11-28-19(25)15-10-14(8-9-16(15)20)30(26,27)24(2)13-6-4-12(21)5-7-13/h4-10H,3,11H2,1-2H3. The van der Waals surface area contributed by atoms with Gasteiger partial charge in [0, 0.05) is 13.5 Å². The van der Waals surface area contributed by atoms with Crippen LogP contribution in [0.15, 0.2) is 51.9 Å². The lowest BCUT2D eigenvalue weighted by molar-refractivity contribution is 0.0429. The van der Waals surface area contributed by atoms with E-state index in [4.69, 9.17) is 20.9 Å². The lowest BCUT2D eigenvalue weighted by Crippen LogP contribution is -2.26. The van der Waals surface area contributed by atoms with Crippen LogP contribution in [0.25, 0.3) is 0 Å². The maximum absolute atomic E-state index is 13.1. The lowest BCUT2D eigenvalue weighted by Gasteiger charge is -2.20. The number of carbonyl (C=O) groups excluding carboxylic acids is 1. The fourth-order valence-corrected chi connectivity index (χ4v) is 3.88. The van der Waals surface area contributed by atoms with Crippen LogP contribution in [-0.2, 0) is 27.8 Å². The second-order valence-corrected chi connectivity index (χ2v) is 8.50. The van der Waals surface area contributed by atoms with Crippen LogP contribution >= 0.6 is 11.6 Å². The zero-order valence-corrected chi connectivity index (χ0v) is 17.6. The molecule has 0 bridgehead atoms. The Hall–Kier alpha value is -2.98. The molecule has 0 fully saturated rings. The summed E-state index contributed by atoms with van der Waals surface area (Å²) in [4.78, 5) is 16.3. The van der Waals surface area contributed by atoms with Crippen molar-refractivity contribution >= 4 is 33.3 Å². The van der Waals surface area contributed by atoms with Gasteiger partial charge >= 0.3 is 5.97 Å². The molecule has 1 heterocycles. The van der Waals surface area contributed by atoms with Crippen molar-refractivity contribution in [3.05, 3.63) is 70.6 Å². The van der Waals surface area contributed by atoms with Gasteiger partial charge in [0.15, 0.2) is 12.4 Å². The molecule has 1 aromatic heterocycles. The van der Waals surface area contributed by atoms with Crippen molar-refractivity contribution in [3.63, 3.8) is 0 Å². The number of benzene rings is 2. The number of nitrogens with zero attached hydrogens (tertiary/aromatic N) is 3. The fourth-order valence-electron chi connectivity index (χ4n) is 2.47. The van der Waals surface area contributed by atoms with Gasteiger partial charge in [-0.1, -0.05) is 23.7 Å². The van der Waals surface area contributed by atoms with Crippen LogP contribution in [0.3, 0.4) is 0 Å². The van der Waals surface area contributed by atoms with Gasteiger partial charge in [0.1, 0.15) is 5.82 Å². The Labute approximate surface area is 177 Å². The van der Waals surface area contributed by atoms with Gasteiger partial charge in [0.2, 0.25) is 0 Å². The van der Waals surface area contributed by atoms with E-state index in [1.807, 2.05) is 6.92 Å². The average molecular weight is 454 g/mol. The summed E-state index contributed by atoms with van der Waals surface area (Å²) < 4.78 is 50.0. The number of esters is 1. The molecule has 11 heteroatoms. The maximum Gasteiger partial charge on any atom is 0.340 e. The van der Waals surface area contributed by atoms with Gasteiger partial charge in [-0.3, -0.25) is 4.31 Å². The zero-order valence-electron chi connectivity index (χ0n) is 16.0. The van der Waals surface area contributed by atoms with E-state index in [2.05, 4.69) is 10.1 Å². The van der Waals surface area contributed by atoms with Gasteiger partial charge in [-0.2, -0.15) is 4.98 Å². The molecule has 0 spiro atoms. The molecule has 0 amide bonds. The lowest BCUT2D eigenvalue weighted by atomic mass is 10.2. The van der Waals surface area contributed by atoms with Crippen molar-refractivity contribution in [1.29, 1.82) is 0 Å². The molecule has 2 aromatic carbocycles. The first-order valence-electron chi connectivity index (χ1n) is 8.75. The van der Waals surface area contributed by atoms with E-state index < -0.39 is 21.8 Å². The molecule has 0 saturated heterocycles. The number of aromatic nitrogens is 2. The van der Waals surface area contributed by atoms with Crippen LogP contribution in [0.2, 0.25) is 5.02 Å². The summed E-state index contributed by atoms with van der Waals surface area (Å²) in [6, 6.07) is 8.61. The van der Waals surface area contributed by atoms with E-state index in [-0.39, 0.29) is 33.7 Å². The van der Waals surface area contributed by atoms with Gasteiger partial charge in [0.25, 0.3) is 15.9 Å². The fraction of sp³-hybridized carbons (Fsp3) is 0.211. The van der Waals surface area contributed by atoms with Gasteiger partial charge in [-0.25, -0.2) is 17.6 Å². The first-order chi connectivity index (χ1) is 14.2. The highest BCUT2D eigenvalue weighted by Crippen LogP contribution is 2.26. The third kappa shape index (κ3) is 4.60. The van der Waals surface area contributed by atoms with E-state index in [1.54, 1.807) is 0 Å². The number of rotatable bonds is 7.